The molecule has 0 amide bonds. The summed E-state index contributed by atoms with van der Waals surface area (Å²) in [5, 5.41) is 0. The van der Waals surface area contributed by atoms with Gasteiger partial charge < -0.3 is 9.79 Å². The van der Waals surface area contributed by atoms with Gasteiger partial charge in [0.25, 0.3) is 0 Å². The molecule has 0 aromatic carbocycles. The van der Waals surface area contributed by atoms with E-state index < -0.39 is 32.3 Å². The monoisotopic (exact) mass is 233 g/mol. The van der Waals surface area contributed by atoms with E-state index in [0.29, 0.717) is 0 Å². The van der Waals surface area contributed by atoms with E-state index in [9.17, 15) is 17.7 Å². The minimum absolute atomic E-state index is 0.0740. The predicted octanol–water partition coefficient (Wildman–Crippen LogP) is 2.35. The van der Waals surface area contributed by atoms with Crippen molar-refractivity contribution in [3.63, 3.8) is 0 Å². The number of hydrogen-bond donors (Lipinski definition) is 2. The van der Waals surface area contributed by atoms with E-state index in [1.165, 1.54) is 0 Å². The van der Waals surface area contributed by atoms with Crippen molar-refractivity contribution in [1.82, 2.24) is 0 Å². The summed E-state index contributed by atoms with van der Waals surface area (Å²) in [5.41, 5.74) is 0. The molecular formula is C7H13F3O3P. The van der Waals surface area contributed by atoms with Crippen molar-refractivity contribution in [3.05, 3.63) is 6.92 Å². The first-order valence-electron chi connectivity index (χ1n) is 4.04. The highest BCUT2D eigenvalue weighted by molar-refractivity contribution is 7.51. The molecule has 0 rings (SSSR count). The zero-order valence-corrected chi connectivity index (χ0v) is 8.39. The van der Waals surface area contributed by atoms with E-state index >= 15 is 0 Å². The Morgan fingerprint density at radius 3 is 2.14 bits per heavy atom. The van der Waals surface area contributed by atoms with Crippen LogP contribution in [0.2, 0.25) is 0 Å². The molecule has 0 fully saturated rings. The van der Waals surface area contributed by atoms with Gasteiger partial charge in [-0.15, -0.1) is 0 Å². The molecule has 1 unspecified atom stereocenters. The fourth-order valence-electron chi connectivity index (χ4n) is 1.21. The highest BCUT2D eigenvalue weighted by Crippen LogP contribution is 2.41. The fourth-order valence-corrected chi connectivity index (χ4v) is 2.19. The summed E-state index contributed by atoms with van der Waals surface area (Å²) in [5.74, 6) is -1.03. The van der Waals surface area contributed by atoms with E-state index in [-0.39, 0.29) is 12.8 Å². The van der Waals surface area contributed by atoms with E-state index in [2.05, 4.69) is 6.92 Å². The Labute approximate surface area is 80.5 Å². The van der Waals surface area contributed by atoms with Crippen LogP contribution in [0.25, 0.3) is 0 Å². The lowest BCUT2D eigenvalue weighted by molar-refractivity contribution is -0.143. The highest BCUT2D eigenvalue weighted by atomic mass is 31.2. The van der Waals surface area contributed by atoms with Gasteiger partial charge in [0.05, 0.1) is 6.16 Å². The Morgan fingerprint density at radius 1 is 1.36 bits per heavy atom. The van der Waals surface area contributed by atoms with Gasteiger partial charge in [-0.25, -0.2) is 0 Å². The average Bonchev–Trinajstić information content (AvgIpc) is 1.78. The van der Waals surface area contributed by atoms with Gasteiger partial charge in [-0.3, -0.25) is 4.57 Å². The second-order valence-corrected chi connectivity index (χ2v) is 4.87. The maximum absolute atomic E-state index is 11.9. The summed E-state index contributed by atoms with van der Waals surface area (Å²) in [4.78, 5) is 17.1. The second-order valence-electron chi connectivity index (χ2n) is 3.17. The van der Waals surface area contributed by atoms with Crippen molar-refractivity contribution < 1.29 is 27.5 Å². The molecule has 2 N–H and O–H groups in total. The van der Waals surface area contributed by atoms with Crippen LogP contribution < -0.4 is 0 Å². The molecule has 85 valence electrons. The largest absolute Gasteiger partial charge is 0.389 e. The van der Waals surface area contributed by atoms with Gasteiger partial charge in [-0.1, -0.05) is 13.3 Å². The third-order valence-corrected chi connectivity index (χ3v) is 2.62. The van der Waals surface area contributed by atoms with Crippen molar-refractivity contribution in [3.8, 4) is 0 Å². The van der Waals surface area contributed by atoms with Crippen molar-refractivity contribution in [1.29, 1.82) is 0 Å². The van der Waals surface area contributed by atoms with E-state index in [4.69, 9.17) is 9.79 Å². The first kappa shape index (κ1) is 13.9. The van der Waals surface area contributed by atoms with Gasteiger partial charge in [0.1, 0.15) is 0 Å². The molecule has 0 aliphatic carbocycles. The van der Waals surface area contributed by atoms with Gasteiger partial charge in [-0.2, -0.15) is 13.2 Å². The predicted molar refractivity (Wildman–Crippen MR) is 45.7 cm³/mol. The maximum atomic E-state index is 11.9. The summed E-state index contributed by atoms with van der Waals surface area (Å²) in [7, 11) is -4.37. The Bertz CT molecular complexity index is 211. The fraction of sp³-hybridized carbons (Fsp3) is 0.857. The van der Waals surface area contributed by atoms with Crippen molar-refractivity contribution in [2.45, 2.75) is 25.4 Å². The highest BCUT2D eigenvalue weighted by Gasteiger charge is 2.34. The number of alkyl halides is 3. The minimum Gasteiger partial charge on any atom is -0.324 e. The summed E-state index contributed by atoms with van der Waals surface area (Å²) in [6.07, 6.45) is -5.95. The molecule has 7 heteroatoms. The van der Waals surface area contributed by atoms with Gasteiger partial charge in [-0.05, 0) is 12.3 Å². The summed E-state index contributed by atoms with van der Waals surface area (Å²) < 4.78 is 46.3. The molecule has 3 nitrogen and oxygen atoms in total. The molecule has 0 aliphatic rings. The Morgan fingerprint density at radius 2 is 1.86 bits per heavy atom. The van der Waals surface area contributed by atoms with E-state index in [0.717, 1.165) is 0 Å². The molecule has 0 saturated carbocycles. The minimum atomic E-state index is -4.38. The van der Waals surface area contributed by atoms with Crippen LogP contribution in [-0.2, 0) is 4.57 Å². The summed E-state index contributed by atoms with van der Waals surface area (Å²) >= 11 is 0. The zero-order chi connectivity index (χ0) is 11.4. The van der Waals surface area contributed by atoms with E-state index in [1.807, 2.05) is 0 Å². The first-order valence-corrected chi connectivity index (χ1v) is 5.84. The van der Waals surface area contributed by atoms with Crippen molar-refractivity contribution in [2.75, 3.05) is 6.16 Å². The molecular weight excluding hydrogens is 220 g/mol. The molecule has 1 atom stereocenters. The van der Waals surface area contributed by atoms with Crippen LogP contribution in [0.4, 0.5) is 13.2 Å². The molecule has 0 spiro atoms. The van der Waals surface area contributed by atoms with Crippen molar-refractivity contribution >= 4 is 7.60 Å². The summed E-state index contributed by atoms with van der Waals surface area (Å²) in [6, 6.07) is 0. The van der Waals surface area contributed by atoms with Crippen molar-refractivity contribution in [2.24, 2.45) is 5.92 Å². The van der Waals surface area contributed by atoms with Crippen LogP contribution in [-0.4, -0.2) is 22.1 Å². The number of halogens is 3. The quantitative estimate of drug-likeness (QED) is 0.716. The maximum Gasteiger partial charge on any atom is 0.389 e. The third-order valence-electron chi connectivity index (χ3n) is 1.63. The Kier molecular flexibility index (Phi) is 5.12. The lowest BCUT2D eigenvalue weighted by Crippen LogP contribution is -2.18. The lowest BCUT2D eigenvalue weighted by Gasteiger charge is -2.18. The molecule has 1 radical (unpaired) electrons. The molecule has 14 heavy (non-hydrogen) atoms. The first-order chi connectivity index (χ1) is 6.14. The lowest BCUT2D eigenvalue weighted by atomic mass is 10.0. The van der Waals surface area contributed by atoms with Crippen LogP contribution in [0.1, 0.15) is 19.3 Å². The SMILES string of the molecule is [CH2]CCC(CC(F)(F)F)CP(=O)(O)O. The molecule has 0 aliphatic heterocycles. The van der Waals surface area contributed by atoms with Crippen LogP contribution in [0, 0.1) is 12.8 Å². The standard InChI is InChI=1S/C7H13F3O3P/c1-2-3-6(4-7(8,9)10)5-14(11,12)13/h6H,1-5H2,(H2,11,12,13). The zero-order valence-electron chi connectivity index (χ0n) is 7.50. The van der Waals surface area contributed by atoms with Gasteiger partial charge >= 0.3 is 13.8 Å². The molecule has 0 bridgehead atoms. The molecule has 0 heterocycles. The third kappa shape index (κ3) is 8.53. The van der Waals surface area contributed by atoms with E-state index in [1.54, 1.807) is 0 Å². The Balaban J connectivity index is 4.23. The smallest absolute Gasteiger partial charge is 0.324 e. The number of rotatable bonds is 5. The molecule has 0 aromatic heterocycles. The van der Waals surface area contributed by atoms with Crippen LogP contribution in [0.5, 0.6) is 0 Å². The van der Waals surface area contributed by atoms with Crippen LogP contribution in [0.3, 0.4) is 0 Å². The topological polar surface area (TPSA) is 57.5 Å². The van der Waals surface area contributed by atoms with Gasteiger partial charge in [0.2, 0.25) is 0 Å². The average molecular weight is 233 g/mol. The summed E-state index contributed by atoms with van der Waals surface area (Å²) in [6.45, 7) is 3.37. The number of hydrogen-bond acceptors (Lipinski definition) is 1. The molecule has 0 aromatic rings. The van der Waals surface area contributed by atoms with Gasteiger partial charge in [0.15, 0.2) is 0 Å². The Hall–Kier alpha value is -0.0600. The molecule has 0 saturated heterocycles. The normalized spacial score (nSPS) is 15.6. The van der Waals surface area contributed by atoms with Crippen LogP contribution >= 0.6 is 7.60 Å². The second kappa shape index (κ2) is 5.14. The van der Waals surface area contributed by atoms with Gasteiger partial charge in [0, 0.05) is 6.42 Å². The van der Waals surface area contributed by atoms with Crippen LogP contribution in [0.15, 0.2) is 0 Å².